The number of hydrogen-bond acceptors (Lipinski definition) is 4. The van der Waals surface area contributed by atoms with Crippen LogP contribution >= 0.6 is 0 Å². The maximum atomic E-state index is 11.9. The molecule has 6 heteroatoms. The Hall–Kier alpha value is -1.82. The Labute approximate surface area is 125 Å². The molecule has 1 saturated heterocycles. The minimum Gasteiger partial charge on any atom is -0.480 e. The van der Waals surface area contributed by atoms with Crippen LogP contribution in [0.3, 0.4) is 0 Å². The minimum atomic E-state index is -0.230. The molecule has 1 aliphatic rings. The van der Waals surface area contributed by atoms with Crippen molar-refractivity contribution < 1.29 is 9.53 Å². The number of ether oxygens (including phenoxy) is 1. The summed E-state index contributed by atoms with van der Waals surface area (Å²) in [6.45, 7) is 6.08. The molecule has 0 bridgehead atoms. The van der Waals surface area contributed by atoms with Gasteiger partial charge in [-0.25, -0.2) is 9.78 Å². The minimum absolute atomic E-state index is 0.230. The van der Waals surface area contributed by atoms with E-state index in [2.05, 4.69) is 27.4 Å². The lowest BCUT2D eigenvalue weighted by Crippen LogP contribution is -2.40. The van der Waals surface area contributed by atoms with E-state index in [4.69, 9.17) is 4.74 Å². The van der Waals surface area contributed by atoms with Crippen LogP contribution in [-0.2, 0) is 0 Å². The van der Waals surface area contributed by atoms with Crippen molar-refractivity contribution in [3.8, 4) is 5.88 Å². The second kappa shape index (κ2) is 7.83. The number of nitrogens with zero attached hydrogens (tertiary/aromatic N) is 2. The number of urea groups is 1. The summed E-state index contributed by atoms with van der Waals surface area (Å²) in [7, 11) is 1.53. The first-order valence-electron chi connectivity index (χ1n) is 7.45. The summed E-state index contributed by atoms with van der Waals surface area (Å²) in [5.41, 5.74) is 0.573. The Morgan fingerprint density at radius 3 is 2.95 bits per heavy atom. The summed E-state index contributed by atoms with van der Waals surface area (Å²) < 4.78 is 5.09. The number of piperidine rings is 1. The number of rotatable bonds is 5. The monoisotopic (exact) mass is 292 g/mol. The van der Waals surface area contributed by atoms with Crippen molar-refractivity contribution in [1.82, 2.24) is 15.2 Å². The van der Waals surface area contributed by atoms with E-state index in [-0.39, 0.29) is 6.03 Å². The van der Waals surface area contributed by atoms with E-state index in [1.165, 1.54) is 20.0 Å². The molecule has 21 heavy (non-hydrogen) atoms. The van der Waals surface area contributed by atoms with Crippen molar-refractivity contribution in [3.63, 3.8) is 0 Å². The molecule has 1 aromatic heterocycles. The third kappa shape index (κ3) is 4.90. The molecule has 0 aromatic carbocycles. The molecule has 0 atom stereocenters. The first-order chi connectivity index (χ1) is 10.2. The molecule has 0 radical (unpaired) electrons. The largest absolute Gasteiger partial charge is 0.480 e. The van der Waals surface area contributed by atoms with Gasteiger partial charge in [-0.2, -0.15) is 0 Å². The van der Waals surface area contributed by atoms with E-state index in [9.17, 15) is 4.79 Å². The number of nitrogens with one attached hydrogen (secondary N) is 2. The van der Waals surface area contributed by atoms with Crippen LogP contribution < -0.4 is 15.4 Å². The molecule has 1 aliphatic heterocycles. The average Bonchev–Trinajstić information content (AvgIpc) is 2.50. The van der Waals surface area contributed by atoms with E-state index >= 15 is 0 Å². The zero-order valence-electron chi connectivity index (χ0n) is 12.8. The third-order valence-electron chi connectivity index (χ3n) is 3.80. The molecule has 0 unspecified atom stereocenters. The summed E-state index contributed by atoms with van der Waals surface area (Å²) in [4.78, 5) is 18.3. The van der Waals surface area contributed by atoms with Gasteiger partial charge in [0, 0.05) is 19.3 Å². The number of pyridine rings is 1. The third-order valence-corrected chi connectivity index (χ3v) is 3.80. The van der Waals surface area contributed by atoms with Gasteiger partial charge in [0.2, 0.25) is 5.88 Å². The fourth-order valence-electron chi connectivity index (χ4n) is 2.43. The highest BCUT2D eigenvalue weighted by molar-refractivity contribution is 5.90. The van der Waals surface area contributed by atoms with Crippen LogP contribution in [0, 0.1) is 5.92 Å². The first kappa shape index (κ1) is 15.6. The maximum Gasteiger partial charge on any atom is 0.319 e. The predicted octanol–water partition coefficient (Wildman–Crippen LogP) is 1.94. The van der Waals surface area contributed by atoms with Crippen LogP contribution in [0.25, 0.3) is 0 Å². The second-order valence-electron chi connectivity index (χ2n) is 5.47. The number of anilines is 1. The predicted molar refractivity (Wildman–Crippen MR) is 82.6 cm³/mol. The highest BCUT2D eigenvalue weighted by atomic mass is 16.5. The van der Waals surface area contributed by atoms with Crippen LogP contribution in [-0.4, -0.2) is 49.2 Å². The van der Waals surface area contributed by atoms with Gasteiger partial charge in [-0.15, -0.1) is 0 Å². The highest BCUT2D eigenvalue weighted by Crippen LogP contribution is 2.19. The number of methoxy groups -OCH3 is 1. The number of amides is 2. The fourth-order valence-corrected chi connectivity index (χ4v) is 2.43. The van der Waals surface area contributed by atoms with Crippen molar-refractivity contribution in [2.24, 2.45) is 5.92 Å². The van der Waals surface area contributed by atoms with Crippen LogP contribution in [0.2, 0.25) is 0 Å². The molecular weight excluding hydrogens is 268 g/mol. The van der Waals surface area contributed by atoms with Gasteiger partial charge >= 0.3 is 6.03 Å². The summed E-state index contributed by atoms with van der Waals surface area (Å²) in [5, 5.41) is 5.62. The molecule has 6 nitrogen and oxygen atoms in total. The second-order valence-corrected chi connectivity index (χ2v) is 5.47. The summed E-state index contributed by atoms with van der Waals surface area (Å²) in [6, 6.07) is 3.29. The van der Waals surface area contributed by atoms with Gasteiger partial charge in [-0.1, -0.05) is 6.92 Å². The van der Waals surface area contributed by atoms with Crippen LogP contribution in [0.1, 0.15) is 19.8 Å². The molecular formula is C15H24N4O2. The van der Waals surface area contributed by atoms with Crippen molar-refractivity contribution in [1.29, 1.82) is 0 Å². The fraction of sp³-hybridized carbons (Fsp3) is 0.600. The summed E-state index contributed by atoms with van der Waals surface area (Å²) in [5.74, 6) is 1.24. The van der Waals surface area contributed by atoms with E-state index in [0.29, 0.717) is 18.1 Å². The molecule has 0 saturated carbocycles. The number of carbonyl (C=O) groups excluding carboxylic acids is 1. The van der Waals surface area contributed by atoms with E-state index in [0.717, 1.165) is 25.6 Å². The molecule has 1 fully saturated rings. The zero-order valence-corrected chi connectivity index (χ0v) is 12.8. The zero-order chi connectivity index (χ0) is 15.1. The Kier molecular flexibility index (Phi) is 5.80. The SMILES string of the molecule is COc1ncccc1NC(=O)NCCN1CCC(C)CC1. The van der Waals surface area contributed by atoms with Crippen LogP contribution in [0.4, 0.5) is 10.5 Å². The van der Waals surface area contributed by atoms with Crippen molar-refractivity contribution >= 4 is 11.7 Å². The lowest BCUT2D eigenvalue weighted by atomic mass is 9.99. The van der Waals surface area contributed by atoms with Gasteiger partial charge in [-0.3, -0.25) is 0 Å². The van der Waals surface area contributed by atoms with Crippen LogP contribution in [0.5, 0.6) is 5.88 Å². The maximum absolute atomic E-state index is 11.9. The number of carbonyl (C=O) groups is 1. The average molecular weight is 292 g/mol. The van der Waals surface area contributed by atoms with Gasteiger partial charge in [0.05, 0.1) is 7.11 Å². The summed E-state index contributed by atoms with van der Waals surface area (Å²) in [6.07, 6.45) is 4.12. The Morgan fingerprint density at radius 2 is 2.24 bits per heavy atom. The topological polar surface area (TPSA) is 66.5 Å². The van der Waals surface area contributed by atoms with Gasteiger partial charge in [0.15, 0.2) is 0 Å². The van der Waals surface area contributed by atoms with Crippen molar-refractivity contribution in [3.05, 3.63) is 18.3 Å². The van der Waals surface area contributed by atoms with Crippen molar-refractivity contribution in [2.75, 3.05) is 38.6 Å². The summed E-state index contributed by atoms with van der Waals surface area (Å²) >= 11 is 0. The van der Waals surface area contributed by atoms with E-state index in [1.54, 1.807) is 18.3 Å². The molecule has 2 heterocycles. The lowest BCUT2D eigenvalue weighted by molar-refractivity contribution is 0.192. The molecule has 2 N–H and O–H groups in total. The standard InChI is InChI=1S/C15H24N4O2/c1-12-5-9-19(10-6-12)11-8-17-15(20)18-13-4-3-7-16-14(13)21-2/h3-4,7,12H,5-6,8-11H2,1-2H3,(H2,17,18,20). The van der Waals surface area contributed by atoms with Gasteiger partial charge in [0.25, 0.3) is 0 Å². The number of aromatic nitrogens is 1. The van der Waals surface area contributed by atoms with E-state index in [1.807, 2.05) is 0 Å². The molecule has 1 aromatic rings. The van der Waals surface area contributed by atoms with Gasteiger partial charge < -0.3 is 20.3 Å². The van der Waals surface area contributed by atoms with Crippen molar-refractivity contribution in [2.45, 2.75) is 19.8 Å². The molecule has 0 aliphatic carbocycles. The molecule has 116 valence electrons. The molecule has 2 amide bonds. The van der Waals surface area contributed by atoms with Crippen LogP contribution in [0.15, 0.2) is 18.3 Å². The first-order valence-corrected chi connectivity index (χ1v) is 7.45. The smallest absolute Gasteiger partial charge is 0.319 e. The normalized spacial score (nSPS) is 16.5. The Morgan fingerprint density at radius 1 is 1.48 bits per heavy atom. The van der Waals surface area contributed by atoms with Gasteiger partial charge in [-0.05, 0) is 44.0 Å². The lowest BCUT2D eigenvalue weighted by Gasteiger charge is -2.30. The Bertz CT molecular complexity index is 459. The highest BCUT2D eigenvalue weighted by Gasteiger charge is 2.15. The Balaban J connectivity index is 1.70. The quantitative estimate of drug-likeness (QED) is 0.870. The van der Waals surface area contributed by atoms with E-state index < -0.39 is 0 Å². The molecule has 0 spiro atoms. The molecule has 2 rings (SSSR count). The number of hydrogen-bond donors (Lipinski definition) is 2. The number of likely N-dealkylation sites (tertiary alicyclic amines) is 1. The van der Waals surface area contributed by atoms with Gasteiger partial charge in [0.1, 0.15) is 5.69 Å².